The molecule has 2 aromatic rings. The lowest BCUT2D eigenvalue weighted by Crippen LogP contribution is -2.44. The largest absolute Gasteiger partial charge is 0.481 e. The van der Waals surface area contributed by atoms with E-state index < -0.39 is 17.9 Å². The number of aliphatic carboxylic acids is 1. The van der Waals surface area contributed by atoms with Crippen LogP contribution in [0.25, 0.3) is 0 Å². The van der Waals surface area contributed by atoms with Gasteiger partial charge in [0.2, 0.25) is 0 Å². The van der Waals surface area contributed by atoms with Gasteiger partial charge in [0.05, 0.1) is 6.04 Å². The molecule has 0 aromatic heterocycles. The minimum absolute atomic E-state index is 0.107. The predicted octanol–water partition coefficient (Wildman–Crippen LogP) is 3.07. The number of carboxylic acid groups (broad SMARTS) is 1. The van der Waals surface area contributed by atoms with Gasteiger partial charge < -0.3 is 10.0 Å². The smallest absolute Gasteiger partial charge is 0.313 e. The Labute approximate surface area is 129 Å². The van der Waals surface area contributed by atoms with Crippen LogP contribution in [0.2, 0.25) is 0 Å². The highest BCUT2D eigenvalue weighted by Gasteiger charge is 2.43. The Morgan fingerprint density at radius 3 is 2.36 bits per heavy atom. The van der Waals surface area contributed by atoms with Crippen molar-refractivity contribution >= 4 is 11.9 Å². The summed E-state index contributed by atoms with van der Waals surface area (Å²) in [6.45, 7) is 2.34. The lowest BCUT2D eigenvalue weighted by molar-refractivity contribution is -0.140. The summed E-state index contributed by atoms with van der Waals surface area (Å²) < 4.78 is 0. The van der Waals surface area contributed by atoms with Gasteiger partial charge in [-0.15, -0.1) is 0 Å². The molecule has 0 saturated carbocycles. The zero-order valence-electron chi connectivity index (χ0n) is 12.3. The number of carbonyl (C=O) groups is 2. The SMILES string of the molecule is CCN1C(=O)c2ccccc2[C@@H](C(=O)O)[C@H]1c1ccccc1. The fourth-order valence-electron chi connectivity index (χ4n) is 3.23. The summed E-state index contributed by atoms with van der Waals surface area (Å²) in [5.41, 5.74) is 1.93. The van der Waals surface area contributed by atoms with Gasteiger partial charge in [-0.25, -0.2) is 0 Å². The first-order chi connectivity index (χ1) is 10.6. The van der Waals surface area contributed by atoms with Gasteiger partial charge in [0, 0.05) is 12.1 Å². The molecule has 2 atom stereocenters. The van der Waals surface area contributed by atoms with Gasteiger partial charge in [0.15, 0.2) is 0 Å². The number of nitrogens with zero attached hydrogens (tertiary/aromatic N) is 1. The molecular weight excluding hydrogens is 278 g/mol. The molecule has 4 nitrogen and oxygen atoms in total. The molecule has 0 unspecified atom stereocenters. The standard InChI is InChI=1S/C18H17NO3/c1-2-19-16(12-8-4-3-5-9-12)15(18(21)22)13-10-6-7-11-14(13)17(19)20/h3-11,15-16H,2H2,1H3,(H,21,22)/t15-,16-/m1/s1. The van der Waals surface area contributed by atoms with E-state index >= 15 is 0 Å². The van der Waals surface area contributed by atoms with Crippen LogP contribution in [0.3, 0.4) is 0 Å². The second-order valence-corrected chi connectivity index (χ2v) is 5.35. The fourth-order valence-corrected chi connectivity index (χ4v) is 3.23. The van der Waals surface area contributed by atoms with Crippen LogP contribution in [0.4, 0.5) is 0 Å². The predicted molar refractivity (Wildman–Crippen MR) is 82.7 cm³/mol. The van der Waals surface area contributed by atoms with E-state index in [0.717, 1.165) is 5.56 Å². The molecule has 2 aromatic carbocycles. The van der Waals surface area contributed by atoms with Crippen molar-refractivity contribution in [2.75, 3.05) is 6.54 Å². The molecule has 1 N–H and O–H groups in total. The van der Waals surface area contributed by atoms with Gasteiger partial charge in [-0.05, 0) is 24.1 Å². The zero-order valence-corrected chi connectivity index (χ0v) is 12.3. The highest BCUT2D eigenvalue weighted by atomic mass is 16.4. The van der Waals surface area contributed by atoms with Crippen LogP contribution < -0.4 is 0 Å². The first-order valence-corrected chi connectivity index (χ1v) is 7.32. The summed E-state index contributed by atoms with van der Waals surface area (Å²) >= 11 is 0. The highest BCUT2D eigenvalue weighted by Crippen LogP contribution is 2.42. The van der Waals surface area contributed by atoms with E-state index in [2.05, 4.69) is 0 Å². The van der Waals surface area contributed by atoms with Crippen molar-refractivity contribution in [3.05, 3.63) is 71.3 Å². The molecule has 0 bridgehead atoms. The lowest BCUT2D eigenvalue weighted by atomic mass is 9.80. The molecule has 0 saturated heterocycles. The molecule has 0 spiro atoms. The summed E-state index contributed by atoms with van der Waals surface area (Å²) in [4.78, 5) is 26.3. The van der Waals surface area contributed by atoms with Gasteiger partial charge in [0.1, 0.15) is 5.92 Å². The maximum absolute atomic E-state index is 12.7. The number of hydrogen-bond acceptors (Lipinski definition) is 2. The van der Waals surface area contributed by atoms with Crippen molar-refractivity contribution in [3.8, 4) is 0 Å². The maximum atomic E-state index is 12.7. The van der Waals surface area contributed by atoms with Gasteiger partial charge in [-0.1, -0.05) is 48.5 Å². The van der Waals surface area contributed by atoms with Crippen LogP contribution in [0.15, 0.2) is 54.6 Å². The Hall–Kier alpha value is -2.62. The number of hydrogen-bond donors (Lipinski definition) is 1. The number of carboxylic acids is 1. The van der Waals surface area contributed by atoms with Crippen LogP contribution in [-0.4, -0.2) is 28.4 Å². The molecule has 1 heterocycles. The molecule has 1 aliphatic rings. The van der Waals surface area contributed by atoms with Crippen LogP contribution in [0, 0.1) is 0 Å². The number of benzene rings is 2. The first-order valence-electron chi connectivity index (χ1n) is 7.32. The highest BCUT2D eigenvalue weighted by molar-refractivity contribution is 6.00. The zero-order chi connectivity index (χ0) is 15.7. The number of carbonyl (C=O) groups excluding carboxylic acids is 1. The summed E-state index contributed by atoms with van der Waals surface area (Å²) in [5, 5.41) is 9.78. The van der Waals surface area contributed by atoms with Crippen molar-refractivity contribution in [3.63, 3.8) is 0 Å². The number of fused-ring (bicyclic) bond motifs is 1. The van der Waals surface area contributed by atoms with E-state index in [1.807, 2.05) is 37.3 Å². The van der Waals surface area contributed by atoms with Crippen molar-refractivity contribution in [1.29, 1.82) is 0 Å². The molecule has 1 aliphatic heterocycles. The molecule has 22 heavy (non-hydrogen) atoms. The molecule has 0 fully saturated rings. The van der Waals surface area contributed by atoms with Crippen molar-refractivity contribution in [2.45, 2.75) is 18.9 Å². The van der Waals surface area contributed by atoms with E-state index in [4.69, 9.17) is 0 Å². The summed E-state index contributed by atoms with van der Waals surface area (Å²) in [5.74, 6) is -1.77. The van der Waals surface area contributed by atoms with Crippen LogP contribution in [0.1, 0.15) is 40.4 Å². The third-order valence-electron chi connectivity index (χ3n) is 4.19. The third kappa shape index (κ3) is 2.17. The Morgan fingerprint density at radius 2 is 1.73 bits per heavy atom. The number of amides is 1. The van der Waals surface area contributed by atoms with Gasteiger partial charge >= 0.3 is 5.97 Å². The third-order valence-corrected chi connectivity index (χ3v) is 4.19. The average Bonchev–Trinajstić information content (AvgIpc) is 2.55. The monoisotopic (exact) mass is 295 g/mol. The van der Waals surface area contributed by atoms with Gasteiger partial charge in [0.25, 0.3) is 5.91 Å². The second kappa shape index (κ2) is 5.64. The Morgan fingerprint density at radius 1 is 1.09 bits per heavy atom. The summed E-state index contributed by atoms with van der Waals surface area (Å²) in [6.07, 6.45) is 0. The summed E-state index contributed by atoms with van der Waals surface area (Å²) in [6, 6.07) is 15.9. The van der Waals surface area contributed by atoms with E-state index in [1.54, 1.807) is 29.2 Å². The Kier molecular flexibility index (Phi) is 3.67. The Balaban J connectivity index is 2.22. The van der Waals surface area contributed by atoms with Gasteiger partial charge in [-0.2, -0.15) is 0 Å². The minimum atomic E-state index is -0.910. The van der Waals surface area contributed by atoms with E-state index in [-0.39, 0.29) is 5.91 Å². The van der Waals surface area contributed by atoms with E-state index in [0.29, 0.717) is 17.7 Å². The fraction of sp³-hybridized carbons (Fsp3) is 0.222. The van der Waals surface area contributed by atoms with Crippen molar-refractivity contribution in [1.82, 2.24) is 4.90 Å². The van der Waals surface area contributed by atoms with Crippen molar-refractivity contribution < 1.29 is 14.7 Å². The van der Waals surface area contributed by atoms with Crippen molar-refractivity contribution in [2.24, 2.45) is 0 Å². The topological polar surface area (TPSA) is 57.6 Å². The Bertz CT molecular complexity index is 711. The molecule has 4 heteroatoms. The molecule has 1 amide bonds. The van der Waals surface area contributed by atoms with E-state index in [9.17, 15) is 14.7 Å². The lowest BCUT2D eigenvalue weighted by Gasteiger charge is -2.40. The maximum Gasteiger partial charge on any atom is 0.313 e. The average molecular weight is 295 g/mol. The molecule has 3 rings (SSSR count). The molecule has 112 valence electrons. The van der Waals surface area contributed by atoms with Crippen LogP contribution in [-0.2, 0) is 4.79 Å². The molecular formula is C18H17NO3. The second-order valence-electron chi connectivity index (χ2n) is 5.35. The van der Waals surface area contributed by atoms with Gasteiger partial charge in [-0.3, -0.25) is 9.59 Å². The normalized spacial score (nSPS) is 20.6. The number of likely N-dealkylation sites (N-methyl/N-ethyl adjacent to an activating group) is 1. The number of rotatable bonds is 3. The first kappa shape index (κ1) is 14.3. The van der Waals surface area contributed by atoms with Crippen LogP contribution >= 0.6 is 0 Å². The molecule has 0 aliphatic carbocycles. The summed E-state index contributed by atoms with van der Waals surface area (Å²) in [7, 11) is 0. The van der Waals surface area contributed by atoms with E-state index in [1.165, 1.54) is 0 Å². The van der Waals surface area contributed by atoms with Crippen LogP contribution in [0.5, 0.6) is 0 Å². The minimum Gasteiger partial charge on any atom is -0.481 e. The molecule has 0 radical (unpaired) electrons. The quantitative estimate of drug-likeness (QED) is 0.946.